The lowest BCUT2D eigenvalue weighted by Crippen LogP contribution is -2.18. The van der Waals surface area contributed by atoms with Crippen molar-refractivity contribution in [3.63, 3.8) is 0 Å². The minimum atomic E-state index is -0.226. The maximum Gasteiger partial charge on any atom is 0.275 e. The Morgan fingerprint density at radius 1 is 1.09 bits per heavy atom. The number of nitrogens with one attached hydrogen (secondary N) is 1. The fourth-order valence-corrected chi connectivity index (χ4v) is 4.47. The number of anilines is 1. The normalized spacial score (nSPS) is 11.6. The molecule has 170 valence electrons. The van der Waals surface area contributed by atoms with Crippen LogP contribution in [0.3, 0.4) is 0 Å². The number of amides is 1. The van der Waals surface area contributed by atoms with Crippen molar-refractivity contribution in [1.29, 1.82) is 0 Å². The zero-order valence-electron chi connectivity index (χ0n) is 19.4. The Morgan fingerprint density at radius 2 is 1.82 bits per heavy atom. The van der Waals surface area contributed by atoms with Crippen LogP contribution in [-0.2, 0) is 12.0 Å². The summed E-state index contributed by atoms with van der Waals surface area (Å²) < 4.78 is 1.77. The number of hydrogen-bond donors (Lipinski definition) is 1. The van der Waals surface area contributed by atoms with Crippen molar-refractivity contribution in [2.45, 2.75) is 46.6 Å². The van der Waals surface area contributed by atoms with E-state index in [9.17, 15) is 4.79 Å². The maximum absolute atomic E-state index is 13.3. The molecule has 7 heteroatoms. The second-order valence-corrected chi connectivity index (χ2v) is 10.8. The molecule has 0 aliphatic rings. The zero-order valence-corrected chi connectivity index (χ0v) is 21.0. The number of halogens is 1. The van der Waals surface area contributed by atoms with Gasteiger partial charge in [-0.2, -0.15) is 5.10 Å². The summed E-state index contributed by atoms with van der Waals surface area (Å²) in [5, 5.41) is 8.98. The van der Waals surface area contributed by atoms with Crippen LogP contribution in [0.15, 0.2) is 54.6 Å². The highest BCUT2D eigenvalue weighted by atomic mass is 35.5. The van der Waals surface area contributed by atoms with Crippen LogP contribution in [0.4, 0.5) is 5.13 Å². The number of carbonyl (C=O) groups excluding carboxylic acids is 1. The molecule has 2 heterocycles. The molecule has 0 aliphatic carbocycles. The average molecular weight is 479 g/mol. The van der Waals surface area contributed by atoms with Crippen molar-refractivity contribution in [2.24, 2.45) is 0 Å². The number of aromatic nitrogens is 3. The molecule has 0 atom stereocenters. The first-order chi connectivity index (χ1) is 15.6. The second-order valence-electron chi connectivity index (χ2n) is 9.15. The zero-order chi connectivity index (χ0) is 23.8. The third-order valence-electron chi connectivity index (χ3n) is 5.42. The van der Waals surface area contributed by atoms with Gasteiger partial charge in [-0.05, 0) is 37.1 Å². The fourth-order valence-electron chi connectivity index (χ4n) is 3.46. The Balaban J connectivity index is 1.63. The van der Waals surface area contributed by atoms with Gasteiger partial charge in [0.15, 0.2) is 5.13 Å². The van der Waals surface area contributed by atoms with Crippen molar-refractivity contribution in [3.8, 4) is 11.3 Å². The summed E-state index contributed by atoms with van der Waals surface area (Å²) >= 11 is 7.76. The van der Waals surface area contributed by atoms with Gasteiger partial charge >= 0.3 is 0 Å². The number of rotatable bonds is 5. The van der Waals surface area contributed by atoms with Crippen molar-refractivity contribution >= 4 is 34.0 Å². The number of aryl methyl sites for hydroxylation is 2. The first kappa shape index (κ1) is 23.2. The van der Waals surface area contributed by atoms with Gasteiger partial charge in [-0.3, -0.25) is 14.8 Å². The molecule has 2 aromatic carbocycles. The summed E-state index contributed by atoms with van der Waals surface area (Å²) in [6.45, 7) is 10.8. The molecule has 2 aromatic heterocycles. The molecule has 4 aromatic rings. The van der Waals surface area contributed by atoms with Gasteiger partial charge in [0.05, 0.1) is 17.9 Å². The van der Waals surface area contributed by atoms with Crippen LogP contribution < -0.4 is 5.32 Å². The maximum atomic E-state index is 13.3. The number of hydrogen-bond acceptors (Lipinski definition) is 4. The van der Waals surface area contributed by atoms with E-state index in [2.05, 4.69) is 31.1 Å². The van der Waals surface area contributed by atoms with E-state index in [-0.39, 0.29) is 11.3 Å². The van der Waals surface area contributed by atoms with Gasteiger partial charge in [-0.25, -0.2) is 4.98 Å². The minimum Gasteiger partial charge on any atom is -0.296 e. The van der Waals surface area contributed by atoms with Crippen LogP contribution in [0.2, 0.25) is 5.02 Å². The van der Waals surface area contributed by atoms with Crippen molar-refractivity contribution in [1.82, 2.24) is 14.8 Å². The molecule has 0 saturated carbocycles. The van der Waals surface area contributed by atoms with E-state index in [1.807, 2.05) is 68.4 Å². The highest BCUT2D eigenvalue weighted by Crippen LogP contribution is 2.33. The van der Waals surface area contributed by atoms with Gasteiger partial charge in [0, 0.05) is 20.9 Å². The molecule has 0 fully saturated rings. The lowest BCUT2D eigenvalue weighted by Gasteiger charge is -2.14. The molecule has 0 bridgehead atoms. The van der Waals surface area contributed by atoms with Crippen LogP contribution in [0.25, 0.3) is 11.3 Å². The SMILES string of the molecule is Cc1ccc(-c2nc(NC(=O)c3cc(C(C)(C)C)nn3Cc3ccccc3)sc2C)cc1Cl. The number of carbonyl (C=O) groups is 1. The van der Waals surface area contributed by atoms with E-state index in [0.717, 1.165) is 33.0 Å². The lowest BCUT2D eigenvalue weighted by atomic mass is 9.92. The number of nitrogens with zero attached hydrogens (tertiary/aromatic N) is 3. The van der Waals surface area contributed by atoms with Crippen LogP contribution in [0.1, 0.15) is 53.0 Å². The molecule has 0 spiro atoms. The van der Waals surface area contributed by atoms with Gasteiger partial charge < -0.3 is 0 Å². The Labute approximate surface area is 203 Å². The molecular weight excluding hydrogens is 452 g/mol. The van der Waals surface area contributed by atoms with E-state index >= 15 is 0 Å². The standard InChI is InChI=1S/C26H27ClN4OS/c1-16-11-12-19(13-20(16)27)23-17(2)33-25(28-23)29-24(32)21-14-22(26(3,4)5)30-31(21)15-18-9-7-6-8-10-18/h6-14H,15H2,1-5H3,(H,28,29,32). The third-order valence-corrected chi connectivity index (χ3v) is 6.71. The van der Waals surface area contributed by atoms with Gasteiger partial charge in [-0.15, -0.1) is 11.3 Å². The molecular formula is C26H27ClN4OS. The van der Waals surface area contributed by atoms with E-state index in [1.54, 1.807) is 4.68 Å². The highest BCUT2D eigenvalue weighted by Gasteiger charge is 2.24. The molecule has 33 heavy (non-hydrogen) atoms. The molecule has 0 unspecified atom stereocenters. The van der Waals surface area contributed by atoms with Crippen LogP contribution in [0.5, 0.6) is 0 Å². The summed E-state index contributed by atoms with van der Waals surface area (Å²) in [4.78, 5) is 19.0. The molecule has 0 radical (unpaired) electrons. The number of benzene rings is 2. The topological polar surface area (TPSA) is 59.8 Å². The van der Waals surface area contributed by atoms with Gasteiger partial charge in [0.2, 0.25) is 0 Å². The molecule has 1 N–H and O–H groups in total. The Hall–Kier alpha value is -2.96. The molecule has 4 rings (SSSR count). The molecule has 0 aliphatic heterocycles. The first-order valence-electron chi connectivity index (χ1n) is 10.8. The Morgan fingerprint density at radius 3 is 2.48 bits per heavy atom. The molecule has 5 nitrogen and oxygen atoms in total. The fraction of sp³-hybridized carbons (Fsp3) is 0.269. The third kappa shape index (κ3) is 5.18. The predicted molar refractivity (Wildman–Crippen MR) is 136 cm³/mol. The monoisotopic (exact) mass is 478 g/mol. The van der Waals surface area contributed by atoms with E-state index in [1.165, 1.54) is 11.3 Å². The van der Waals surface area contributed by atoms with E-state index in [0.29, 0.717) is 22.4 Å². The van der Waals surface area contributed by atoms with Crippen molar-refractivity contribution < 1.29 is 4.79 Å². The first-order valence-corrected chi connectivity index (χ1v) is 12.0. The summed E-state index contributed by atoms with van der Waals surface area (Å²) in [5.74, 6) is -0.226. The minimum absolute atomic E-state index is 0.174. The quantitative estimate of drug-likeness (QED) is 0.340. The van der Waals surface area contributed by atoms with Crippen molar-refractivity contribution in [3.05, 3.63) is 87.0 Å². The van der Waals surface area contributed by atoms with E-state index < -0.39 is 0 Å². The summed E-state index contributed by atoms with van der Waals surface area (Å²) in [5.41, 5.74) is 5.06. The average Bonchev–Trinajstić information content (AvgIpc) is 3.34. The summed E-state index contributed by atoms with van der Waals surface area (Å²) in [6.07, 6.45) is 0. The second kappa shape index (κ2) is 9.12. The molecule has 0 saturated heterocycles. The van der Waals surface area contributed by atoms with E-state index in [4.69, 9.17) is 16.7 Å². The van der Waals surface area contributed by atoms with Gasteiger partial charge in [0.25, 0.3) is 5.91 Å². The Kier molecular flexibility index (Phi) is 6.41. The lowest BCUT2D eigenvalue weighted by molar-refractivity contribution is 0.101. The number of thiazole rings is 1. The smallest absolute Gasteiger partial charge is 0.275 e. The van der Waals surface area contributed by atoms with Crippen LogP contribution >= 0.6 is 22.9 Å². The highest BCUT2D eigenvalue weighted by molar-refractivity contribution is 7.16. The summed E-state index contributed by atoms with van der Waals surface area (Å²) in [7, 11) is 0. The largest absolute Gasteiger partial charge is 0.296 e. The van der Waals surface area contributed by atoms with Crippen LogP contribution in [-0.4, -0.2) is 20.7 Å². The summed E-state index contributed by atoms with van der Waals surface area (Å²) in [6, 6.07) is 17.8. The Bertz CT molecular complexity index is 1300. The molecule has 1 amide bonds. The van der Waals surface area contributed by atoms with Crippen molar-refractivity contribution in [2.75, 3.05) is 5.32 Å². The van der Waals surface area contributed by atoms with Crippen LogP contribution in [0, 0.1) is 13.8 Å². The predicted octanol–water partition coefficient (Wildman–Crippen LogP) is 6.87. The van der Waals surface area contributed by atoms with Gasteiger partial charge in [-0.1, -0.05) is 74.8 Å². The van der Waals surface area contributed by atoms with Gasteiger partial charge in [0.1, 0.15) is 5.69 Å².